The summed E-state index contributed by atoms with van der Waals surface area (Å²) in [5, 5.41) is 6.19. The molecule has 0 saturated carbocycles. The molecule has 1 aliphatic heterocycles. The largest absolute Gasteiger partial charge is 0.418 e. The van der Waals surface area contributed by atoms with Crippen molar-refractivity contribution >= 4 is 21.6 Å². The first kappa shape index (κ1) is 14.7. The van der Waals surface area contributed by atoms with E-state index < -0.39 is 11.7 Å². The number of piperidine rings is 1. The summed E-state index contributed by atoms with van der Waals surface area (Å²) in [6.07, 6.45) is -2.32. The molecule has 0 aliphatic carbocycles. The maximum atomic E-state index is 12.9. The summed E-state index contributed by atoms with van der Waals surface area (Å²) in [7, 11) is 0. The Kier molecular flexibility index (Phi) is 4.73. The van der Waals surface area contributed by atoms with Crippen molar-refractivity contribution in [3.63, 3.8) is 0 Å². The van der Waals surface area contributed by atoms with Gasteiger partial charge in [0.05, 0.1) is 5.56 Å². The first-order valence-electron chi connectivity index (χ1n) is 6.28. The summed E-state index contributed by atoms with van der Waals surface area (Å²) < 4.78 is 39.3. The van der Waals surface area contributed by atoms with Gasteiger partial charge in [-0.05, 0) is 50.0 Å². The fourth-order valence-electron chi connectivity index (χ4n) is 2.25. The highest BCUT2D eigenvalue weighted by Gasteiger charge is 2.33. The predicted molar refractivity (Wildman–Crippen MR) is 73.2 cm³/mol. The predicted octanol–water partition coefficient (Wildman–Crippen LogP) is 3.88. The van der Waals surface area contributed by atoms with Crippen molar-refractivity contribution in [2.24, 2.45) is 5.92 Å². The van der Waals surface area contributed by atoms with Gasteiger partial charge in [-0.15, -0.1) is 0 Å². The van der Waals surface area contributed by atoms with Gasteiger partial charge in [0.15, 0.2) is 0 Å². The van der Waals surface area contributed by atoms with Gasteiger partial charge in [-0.3, -0.25) is 0 Å². The number of anilines is 1. The number of benzene rings is 1. The van der Waals surface area contributed by atoms with E-state index in [0.29, 0.717) is 16.9 Å². The van der Waals surface area contributed by atoms with Crippen LogP contribution in [0.3, 0.4) is 0 Å². The summed E-state index contributed by atoms with van der Waals surface area (Å²) in [6, 6.07) is 4.01. The zero-order valence-electron chi connectivity index (χ0n) is 10.4. The third kappa shape index (κ3) is 4.11. The average molecular weight is 337 g/mol. The molecule has 6 heteroatoms. The molecule has 0 aromatic heterocycles. The second kappa shape index (κ2) is 6.13. The van der Waals surface area contributed by atoms with E-state index in [0.717, 1.165) is 32.0 Å². The summed E-state index contributed by atoms with van der Waals surface area (Å²) in [5.74, 6) is 0.432. The van der Waals surface area contributed by atoms with Crippen LogP contribution in [0.15, 0.2) is 22.7 Å². The van der Waals surface area contributed by atoms with Crippen molar-refractivity contribution < 1.29 is 13.2 Å². The lowest BCUT2D eigenvalue weighted by atomic mass is 9.98. The molecular weight excluding hydrogens is 321 g/mol. The van der Waals surface area contributed by atoms with E-state index in [-0.39, 0.29) is 5.69 Å². The van der Waals surface area contributed by atoms with Crippen LogP contribution in [0, 0.1) is 5.92 Å². The van der Waals surface area contributed by atoms with Gasteiger partial charge in [0.25, 0.3) is 0 Å². The first-order chi connectivity index (χ1) is 8.97. The minimum Gasteiger partial charge on any atom is -0.384 e. The van der Waals surface area contributed by atoms with Crippen LogP contribution in [-0.2, 0) is 6.18 Å². The van der Waals surface area contributed by atoms with Crippen LogP contribution in [0.4, 0.5) is 18.9 Å². The number of rotatable bonds is 3. The van der Waals surface area contributed by atoms with E-state index in [1.807, 2.05) is 0 Å². The Hall–Kier alpha value is -0.750. The van der Waals surface area contributed by atoms with E-state index in [4.69, 9.17) is 0 Å². The Morgan fingerprint density at radius 2 is 1.95 bits per heavy atom. The van der Waals surface area contributed by atoms with Crippen LogP contribution < -0.4 is 10.6 Å². The fourth-order valence-corrected chi connectivity index (χ4v) is 2.61. The van der Waals surface area contributed by atoms with E-state index in [1.54, 1.807) is 0 Å². The monoisotopic (exact) mass is 336 g/mol. The van der Waals surface area contributed by atoms with Crippen LogP contribution in [0.25, 0.3) is 0 Å². The summed E-state index contributed by atoms with van der Waals surface area (Å²) in [5.41, 5.74) is -0.454. The second-order valence-corrected chi connectivity index (χ2v) is 5.68. The average Bonchev–Trinajstić information content (AvgIpc) is 2.36. The highest BCUT2D eigenvalue weighted by molar-refractivity contribution is 9.10. The van der Waals surface area contributed by atoms with Gasteiger partial charge >= 0.3 is 6.18 Å². The molecule has 1 fully saturated rings. The molecule has 0 spiro atoms. The van der Waals surface area contributed by atoms with Gasteiger partial charge in [0, 0.05) is 16.7 Å². The van der Waals surface area contributed by atoms with Crippen LogP contribution >= 0.6 is 15.9 Å². The zero-order valence-corrected chi connectivity index (χ0v) is 11.9. The molecule has 0 atom stereocenters. The molecule has 19 heavy (non-hydrogen) atoms. The molecule has 106 valence electrons. The van der Waals surface area contributed by atoms with Gasteiger partial charge in [-0.2, -0.15) is 13.2 Å². The number of nitrogens with one attached hydrogen (secondary N) is 2. The lowest BCUT2D eigenvalue weighted by molar-refractivity contribution is -0.137. The summed E-state index contributed by atoms with van der Waals surface area (Å²) in [6.45, 7) is 2.47. The maximum absolute atomic E-state index is 12.9. The SMILES string of the molecule is FC(F)(F)c1ccc(Br)cc1NCC1CCNCC1. The van der Waals surface area contributed by atoms with Crippen molar-refractivity contribution in [1.29, 1.82) is 0 Å². The highest BCUT2D eigenvalue weighted by atomic mass is 79.9. The van der Waals surface area contributed by atoms with Crippen molar-refractivity contribution in [3.05, 3.63) is 28.2 Å². The minimum absolute atomic E-state index is 0.153. The standard InChI is InChI=1S/C13H16BrF3N2/c14-10-1-2-11(13(15,16)17)12(7-10)19-8-9-3-5-18-6-4-9/h1-2,7,9,18-19H,3-6,8H2. The minimum atomic E-state index is -4.32. The normalized spacial score (nSPS) is 17.5. The van der Waals surface area contributed by atoms with Crippen molar-refractivity contribution in [2.45, 2.75) is 19.0 Å². The molecule has 1 aliphatic rings. The Balaban J connectivity index is 2.07. The highest BCUT2D eigenvalue weighted by Crippen LogP contribution is 2.36. The van der Waals surface area contributed by atoms with E-state index in [2.05, 4.69) is 26.6 Å². The molecule has 0 amide bonds. The topological polar surface area (TPSA) is 24.1 Å². The summed E-state index contributed by atoms with van der Waals surface area (Å²) in [4.78, 5) is 0. The number of halogens is 4. The maximum Gasteiger partial charge on any atom is 0.418 e. The molecular formula is C13H16BrF3N2. The van der Waals surface area contributed by atoms with Crippen molar-refractivity contribution in [2.75, 3.05) is 25.0 Å². The van der Waals surface area contributed by atoms with Crippen molar-refractivity contribution in [1.82, 2.24) is 5.32 Å². The summed E-state index contributed by atoms with van der Waals surface area (Å²) >= 11 is 3.21. The molecule has 1 aromatic carbocycles. The van der Waals surface area contributed by atoms with E-state index in [9.17, 15) is 13.2 Å². The van der Waals surface area contributed by atoms with Crippen LogP contribution in [-0.4, -0.2) is 19.6 Å². The first-order valence-corrected chi connectivity index (χ1v) is 7.07. The van der Waals surface area contributed by atoms with Gasteiger partial charge in [-0.1, -0.05) is 15.9 Å². The number of hydrogen-bond donors (Lipinski definition) is 2. The third-order valence-corrected chi connectivity index (χ3v) is 3.82. The van der Waals surface area contributed by atoms with Gasteiger partial charge < -0.3 is 10.6 Å². The smallest absolute Gasteiger partial charge is 0.384 e. The van der Waals surface area contributed by atoms with Crippen LogP contribution in [0.1, 0.15) is 18.4 Å². The second-order valence-electron chi connectivity index (χ2n) is 4.76. The Morgan fingerprint density at radius 3 is 2.58 bits per heavy atom. The van der Waals surface area contributed by atoms with E-state index in [1.165, 1.54) is 12.1 Å². The Morgan fingerprint density at radius 1 is 1.26 bits per heavy atom. The number of hydrogen-bond acceptors (Lipinski definition) is 2. The van der Waals surface area contributed by atoms with Crippen molar-refractivity contribution in [3.8, 4) is 0 Å². The van der Waals surface area contributed by atoms with Gasteiger partial charge in [0.1, 0.15) is 0 Å². The molecule has 1 aromatic rings. The van der Waals surface area contributed by atoms with Gasteiger partial charge in [0.2, 0.25) is 0 Å². The quantitative estimate of drug-likeness (QED) is 0.875. The van der Waals surface area contributed by atoms with Crippen LogP contribution in [0.2, 0.25) is 0 Å². The number of alkyl halides is 3. The molecule has 1 heterocycles. The van der Waals surface area contributed by atoms with Gasteiger partial charge in [-0.25, -0.2) is 0 Å². The zero-order chi connectivity index (χ0) is 13.9. The third-order valence-electron chi connectivity index (χ3n) is 3.33. The van der Waals surface area contributed by atoms with E-state index >= 15 is 0 Å². The lowest BCUT2D eigenvalue weighted by Crippen LogP contribution is -2.31. The van der Waals surface area contributed by atoms with Crippen LogP contribution in [0.5, 0.6) is 0 Å². The molecule has 2 N–H and O–H groups in total. The molecule has 2 rings (SSSR count). The molecule has 0 radical (unpaired) electrons. The fraction of sp³-hybridized carbons (Fsp3) is 0.538. The Bertz CT molecular complexity index is 428. The Labute approximate surface area is 118 Å². The molecule has 2 nitrogen and oxygen atoms in total. The molecule has 1 saturated heterocycles. The molecule has 0 unspecified atom stereocenters. The molecule has 0 bridgehead atoms. The lowest BCUT2D eigenvalue weighted by Gasteiger charge is -2.24.